The van der Waals surface area contributed by atoms with Crippen LogP contribution in [0.2, 0.25) is 5.02 Å². The quantitative estimate of drug-likeness (QED) is 0.172. The minimum atomic E-state index is -1.33. The van der Waals surface area contributed by atoms with Gasteiger partial charge in [0.15, 0.2) is 0 Å². The van der Waals surface area contributed by atoms with Gasteiger partial charge >= 0.3 is 5.97 Å². The highest BCUT2D eigenvalue weighted by Crippen LogP contribution is 2.47. The predicted molar refractivity (Wildman–Crippen MR) is 163 cm³/mol. The van der Waals surface area contributed by atoms with Gasteiger partial charge in [0.05, 0.1) is 48.5 Å². The maximum Gasteiger partial charge on any atom is 0.337 e. The highest BCUT2D eigenvalue weighted by atomic mass is 35.5. The smallest absolute Gasteiger partial charge is 0.337 e. The van der Waals surface area contributed by atoms with E-state index in [1.165, 1.54) is 13.2 Å². The fraction of sp³-hybridized carbons (Fsp3) is 0.353. The summed E-state index contributed by atoms with van der Waals surface area (Å²) in [6.07, 6.45) is 3.70. The molecule has 3 aromatic carbocycles. The maximum absolute atomic E-state index is 15.1. The molecule has 7 rings (SSSR count). The number of ether oxygens (including phenoxy) is 4. The number of rotatable bonds is 7. The molecule has 3 aliphatic rings. The van der Waals surface area contributed by atoms with Crippen LogP contribution in [0.15, 0.2) is 72.3 Å². The molecule has 0 N–H and O–H groups in total. The molecule has 228 valence electrons. The van der Waals surface area contributed by atoms with E-state index in [1.54, 1.807) is 25.1 Å². The SMILES string of the molecule is COC(=O)c1ccc2nc(CN3CC=C(C4OC(C)(c5ccc(Cl)cc5F)Oc5ccccc54)CC3)n(C[C@@H]3CCO3)c2c1. The van der Waals surface area contributed by atoms with E-state index >= 15 is 4.39 Å². The van der Waals surface area contributed by atoms with E-state index in [-0.39, 0.29) is 18.2 Å². The number of methoxy groups -OCH3 is 1. The van der Waals surface area contributed by atoms with Gasteiger partial charge in [-0.2, -0.15) is 0 Å². The average molecular weight is 618 g/mol. The van der Waals surface area contributed by atoms with Gasteiger partial charge in [-0.25, -0.2) is 14.2 Å². The molecular weight excluding hydrogens is 585 g/mol. The molecule has 0 spiro atoms. The number of carbonyl (C=O) groups excluding carboxylic acids is 1. The summed E-state index contributed by atoms with van der Waals surface area (Å²) in [6.45, 7) is 5.31. The van der Waals surface area contributed by atoms with Crippen LogP contribution in [0.5, 0.6) is 5.75 Å². The van der Waals surface area contributed by atoms with E-state index in [2.05, 4.69) is 15.5 Å². The third kappa shape index (κ3) is 5.38. The van der Waals surface area contributed by atoms with E-state index in [9.17, 15) is 4.79 Å². The molecule has 0 amide bonds. The van der Waals surface area contributed by atoms with Gasteiger partial charge in [0.2, 0.25) is 5.79 Å². The second-order valence-electron chi connectivity index (χ2n) is 11.6. The van der Waals surface area contributed by atoms with E-state index in [4.69, 9.17) is 35.5 Å². The molecule has 0 bridgehead atoms. The number of carbonyl (C=O) groups is 1. The molecule has 1 fully saturated rings. The largest absolute Gasteiger partial charge is 0.465 e. The minimum Gasteiger partial charge on any atom is -0.465 e. The Hall–Kier alpha value is -3.76. The lowest BCUT2D eigenvalue weighted by atomic mass is 9.93. The van der Waals surface area contributed by atoms with E-state index in [1.807, 2.05) is 36.4 Å². The van der Waals surface area contributed by atoms with Crippen LogP contribution < -0.4 is 4.74 Å². The van der Waals surface area contributed by atoms with Crippen LogP contribution in [-0.4, -0.2) is 53.3 Å². The molecule has 3 aliphatic heterocycles. The monoisotopic (exact) mass is 617 g/mol. The van der Waals surface area contributed by atoms with Crippen LogP contribution in [0.25, 0.3) is 11.0 Å². The average Bonchev–Trinajstić information content (AvgIpc) is 3.34. The zero-order chi connectivity index (χ0) is 30.4. The second-order valence-corrected chi connectivity index (χ2v) is 12.0. The van der Waals surface area contributed by atoms with Crippen molar-refractivity contribution in [1.29, 1.82) is 0 Å². The summed E-state index contributed by atoms with van der Waals surface area (Å²) in [6, 6.07) is 17.8. The molecule has 1 aromatic heterocycles. The van der Waals surface area contributed by atoms with Crippen LogP contribution in [0.3, 0.4) is 0 Å². The molecule has 8 nitrogen and oxygen atoms in total. The lowest BCUT2D eigenvalue weighted by Crippen LogP contribution is -2.40. The summed E-state index contributed by atoms with van der Waals surface area (Å²) in [4.78, 5) is 19.5. The maximum atomic E-state index is 15.1. The lowest BCUT2D eigenvalue weighted by Gasteiger charge is -2.42. The number of imidazole rings is 1. The molecule has 44 heavy (non-hydrogen) atoms. The Balaban J connectivity index is 1.15. The Morgan fingerprint density at radius 2 is 2.02 bits per heavy atom. The molecule has 10 heteroatoms. The Kier molecular flexibility index (Phi) is 7.66. The van der Waals surface area contributed by atoms with Crippen molar-refractivity contribution in [2.45, 2.75) is 50.8 Å². The molecular formula is C34H33ClFN3O5. The molecule has 4 heterocycles. The number of esters is 1. The first-order valence-electron chi connectivity index (χ1n) is 14.8. The van der Waals surface area contributed by atoms with Crippen molar-refractivity contribution in [2.24, 2.45) is 0 Å². The van der Waals surface area contributed by atoms with Gasteiger partial charge in [-0.15, -0.1) is 0 Å². The normalized spacial score (nSPS) is 23.4. The number of hydrogen-bond acceptors (Lipinski definition) is 7. The van der Waals surface area contributed by atoms with E-state index in [0.29, 0.717) is 41.5 Å². The Morgan fingerprint density at radius 3 is 2.75 bits per heavy atom. The van der Waals surface area contributed by atoms with Crippen LogP contribution >= 0.6 is 11.6 Å². The zero-order valence-corrected chi connectivity index (χ0v) is 25.4. The summed E-state index contributed by atoms with van der Waals surface area (Å²) in [7, 11) is 1.38. The fourth-order valence-corrected chi connectivity index (χ4v) is 6.41. The van der Waals surface area contributed by atoms with Gasteiger partial charge in [0.1, 0.15) is 23.5 Å². The van der Waals surface area contributed by atoms with Gasteiger partial charge in [-0.1, -0.05) is 35.9 Å². The van der Waals surface area contributed by atoms with E-state index < -0.39 is 11.6 Å². The van der Waals surface area contributed by atoms with Crippen molar-refractivity contribution in [3.63, 3.8) is 0 Å². The zero-order valence-electron chi connectivity index (χ0n) is 24.6. The third-order valence-electron chi connectivity index (χ3n) is 8.73. The van der Waals surface area contributed by atoms with E-state index in [0.717, 1.165) is 54.0 Å². The molecule has 1 saturated heterocycles. The van der Waals surface area contributed by atoms with Crippen molar-refractivity contribution >= 4 is 28.6 Å². The molecule has 4 aromatic rings. The number of para-hydroxylation sites is 1. The third-order valence-corrected chi connectivity index (χ3v) is 8.96. The minimum absolute atomic E-state index is 0.131. The number of fused-ring (bicyclic) bond motifs is 2. The highest BCUT2D eigenvalue weighted by molar-refractivity contribution is 6.30. The predicted octanol–water partition coefficient (Wildman–Crippen LogP) is 6.56. The Bertz CT molecular complexity index is 1770. The van der Waals surface area contributed by atoms with Crippen LogP contribution in [0, 0.1) is 5.82 Å². The van der Waals surface area contributed by atoms with Gasteiger partial charge in [-0.3, -0.25) is 4.90 Å². The van der Waals surface area contributed by atoms with Crippen LogP contribution in [-0.2, 0) is 33.1 Å². The number of halogens is 2. The second kappa shape index (κ2) is 11.6. The van der Waals surface area contributed by atoms with Crippen molar-refractivity contribution < 1.29 is 28.1 Å². The van der Waals surface area contributed by atoms with Crippen molar-refractivity contribution in [1.82, 2.24) is 14.5 Å². The van der Waals surface area contributed by atoms with Crippen LogP contribution in [0.1, 0.15) is 53.2 Å². The summed E-state index contributed by atoms with van der Waals surface area (Å²) >= 11 is 6.03. The summed E-state index contributed by atoms with van der Waals surface area (Å²) < 4.78 is 40.8. The summed E-state index contributed by atoms with van der Waals surface area (Å²) in [5, 5.41) is 0.315. The first-order chi connectivity index (χ1) is 21.3. The van der Waals surface area contributed by atoms with Gasteiger partial charge < -0.3 is 23.5 Å². The standard InChI is InChI=1S/C34H33ClFN3O5/c1-34(26-9-8-23(35)18-27(26)36)43-30-6-4-3-5-25(30)32(44-34)21-11-14-38(15-12-21)20-31-37-28-10-7-22(33(40)41-2)17-29(28)39(31)19-24-13-16-42-24/h3-11,17-18,24,32H,12-16,19-20H2,1-2H3/t24-,32?,34?/m0/s1. The Labute approximate surface area is 259 Å². The molecule has 0 radical (unpaired) electrons. The first kappa shape index (κ1) is 29.0. The van der Waals surface area contributed by atoms with Gasteiger partial charge in [0.25, 0.3) is 0 Å². The number of benzene rings is 3. The number of hydrogen-bond donors (Lipinski definition) is 0. The highest BCUT2D eigenvalue weighted by Gasteiger charge is 2.43. The molecule has 0 aliphatic carbocycles. The number of nitrogens with zero attached hydrogens (tertiary/aromatic N) is 3. The van der Waals surface area contributed by atoms with Gasteiger partial charge in [-0.05, 0) is 60.9 Å². The molecule has 3 atom stereocenters. The first-order valence-corrected chi connectivity index (χ1v) is 15.2. The fourth-order valence-electron chi connectivity index (χ4n) is 6.25. The molecule has 2 unspecified atom stereocenters. The number of aromatic nitrogens is 2. The summed E-state index contributed by atoms with van der Waals surface area (Å²) in [5.41, 5.74) is 4.56. The van der Waals surface area contributed by atoms with Crippen molar-refractivity contribution in [3.8, 4) is 5.75 Å². The van der Waals surface area contributed by atoms with Gasteiger partial charge in [0, 0.05) is 37.2 Å². The summed E-state index contributed by atoms with van der Waals surface area (Å²) in [5.74, 6) is -0.587. The lowest BCUT2D eigenvalue weighted by molar-refractivity contribution is -0.220. The topological polar surface area (TPSA) is 75.0 Å². The Morgan fingerprint density at radius 1 is 1.18 bits per heavy atom. The van der Waals surface area contributed by atoms with Crippen molar-refractivity contribution in [3.05, 3.63) is 106 Å². The van der Waals surface area contributed by atoms with Crippen LogP contribution in [0.4, 0.5) is 4.39 Å². The molecule has 0 saturated carbocycles. The van der Waals surface area contributed by atoms with Crippen molar-refractivity contribution in [2.75, 3.05) is 26.8 Å².